The number of hydrogen-bond acceptors (Lipinski definition) is 5. The molecule has 1 heterocycles. The molecule has 0 atom stereocenters. The molecule has 0 aromatic heterocycles. The maximum absolute atomic E-state index is 5.67. The lowest BCUT2D eigenvalue weighted by Crippen LogP contribution is -2.20. The number of rotatable bonds is 8. The van der Waals surface area contributed by atoms with Crippen LogP contribution < -0.4 is 11.2 Å². The van der Waals surface area contributed by atoms with Crippen LogP contribution in [0.2, 0.25) is 0 Å². The number of nitrogens with two attached hydrogens (primary N) is 1. The summed E-state index contributed by atoms with van der Waals surface area (Å²) in [7, 11) is 1.79. The second-order valence-corrected chi connectivity index (χ2v) is 7.86. The zero-order chi connectivity index (χ0) is 24.6. The zero-order valence-electron chi connectivity index (χ0n) is 21.3. The van der Waals surface area contributed by atoms with Crippen LogP contribution in [0.3, 0.4) is 0 Å². The first-order chi connectivity index (χ1) is 15.8. The Balaban J connectivity index is 0.00000125. The molecule has 0 amide bonds. The van der Waals surface area contributed by atoms with E-state index >= 15 is 0 Å². The zero-order valence-corrected chi connectivity index (χ0v) is 21.3. The van der Waals surface area contributed by atoms with Crippen molar-refractivity contribution in [3.05, 3.63) is 71.9 Å². The monoisotopic (exact) mass is 448 g/mol. The van der Waals surface area contributed by atoms with Gasteiger partial charge in [0.2, 0.25) is 0 Å². The van der Waals surface area contributed by atoms with Crippen molar-refractivity contribution >= 4 is 29.0 Å². The van der Waals surface area contributed by atoms with E-state index in [-0.39, 0.29) is 0 Å². The molecule has 0 saturated heterocycles. The highest BCUT2D eigenvalue weighted by Crippen LogP contribution is 2.22. The van der Waals surface area contributed by atoms with Crippen molar-refractivity contribution < 1.29 is 0 Å². The Morgan fingerprint density at radius 2 is 1.76 bits per heavy atom. The normalized spacial score (nSPS) is 14.8. The fraction of sp³-hybridized carbons (Fsp3) is 0.370. The fourth-order valence-corrected chi connectivity index (χ4v) is 2.57. The molecule has 0 unspecified atom stereocenters. The van der Waals surface area contributed by atoms with Crippen molar-refractivity contribution in [1.29, 1.82) is 0 Å². The van der Waals surface area contributed by atoms with Gasteiger partial charge in [-0.15, -0.1) is 0 Å². The number of unbranched alkanes of at least 4 members (excludes halogenated alkanes) is 1. The Kier molecular flexibility index (Phi) is 13.1. The summed E-state index contributed by atoms with van der Waals surface area (Å²) in [6.07, 6.45) is 14.7. The standard InChI is InChI=1S/C23H30N6.C4H10/c1-6-12-26-23(19(4)27-14-17(2)18(3)16-29(5)24)28-22-9-7-20(8-10-22)21-11-13-25-15-21;1-3-4-2/h6-10,12-16H,11,24H2,1-5H3,(H,26,28);3-4H2,1-2H3/b12-6-,17-14+,18-16+,27-19?;. The highest BCUT2D eigenvalue weighted by atomic mass is 15.4. The molecule has 0 saturated carbocycles. The second-order valence-electron chi connectivity index (χ2n) is 7.86. The molecular formula is C27H40N6. The largest absolute Gasteiger partial charge is 0.339 e. The molecule has 1 aliphatic heterocycles. The van der Waals surface area contributed by atoms with Gasteiger partial charge in [0.1, 0.15) is 0 Å². The predicted octanol–water partition coefficient (Wildman–Crippen LogP) is 6.73. The van der Waals surface area contributed by atoms with E-state index < -0.39 is 0 Å². The van der Waals surface area contributed by atoms with Gasteiger partial charge in [0, 0.05) is 50.2 Å². The average Bonchev–Trinajstić information content (AvgIpc) is 3.35. The van der Waals surface area contributed by atoms with E-state index in [4.69, 9.17) is 5.84 Å². The van der Waals surface area contributed by atoms with E-state index in [1.165, 1.54) is 29.0 Å². The minimum Gasteiger partial charge on any atom is -0.339 e. The molecule has 33 heavy (non-hydrogen) atoms. The van der Waals surface area contributed by atoms with Crippen molar-refractivity contribution in [2.75, 3.05) is 12.4 Å². The summed E-state index contributed by atoms with van der Waals surface area (Å²) < 4.78 is 0. The van der Waals surface area contributed by atoms with Crippen molar-refractivity contribution in [3.63, 3.8) is 0 Å². The Hall–Kier alpha value is -3.25. The molecule has 6 heteroatoms. The number of hydrazine groups is 1. The van der Waals surface area contributed by atoms with Crippen LogP contribution in [0, 0.1) is 0 Å². The second kappa shape index (κ2) is 15.5. The molecule has 1 aromatic carbocycles. The summed E-state index contributed by atoms with van der Waals surface area (Å²) in [5.74, 6) is 6.37. The molecule has 0 fully saturated rings. The van der Waals surface area contributed by atoms with Gasteiger partial charge in [-0.25, -0.2) is 10.8 Å². The Morgan fingerprint density at radius 1 is 1.09 bits per heavy atom. The Labute approximate surface area is 200 Å². The maximum atomic E-state index is 5.67. The van der Waals surface area contributed by atoms with Crippen molar-refractivity contribution in [1.82, 2.24) is 5.01 Å². The van der Waals surface area contributed by atoms with Crippen LogP contribution in [0.5, 0.6) is 0 Å². The Morgan fingerprint density at radius 3 is 2.27 bits per heavy atom. The van der Waals surface area contributed by atoms with Crippen LogP contribution in [0.25, 0.3) is 5.57 Å². The summed E-state index contributed by atoms with van der Waals surface area (Å²) in [5, 5.41) is 4.89. The molecule has 0 bridgehead atoms. The van der Waals surface area contributed by atoms with E-state index in [0.29, 0.717) is 5.84 Å². The van der Waals surface area contributed by atoms with Crippen LogP contribution in [0.4, 0.5) is 5.69 Å². The number of nitrogens with zero attached hydrogens (tertiary/aromatic N) is 4. The van der Waals surface area contributed by atoms with Gasteiger partial charge in [-0.05, 0) is 62.1 Å². The quantitative estimate of drug-likeness (QED) is 0.152. The van der Waals surface area contributed by atoms with E-state index in [9.17, 15) is 0 Å². The highest BCUT2D eigenvalue weighted by molar-refractivity contribution is 6.45. The smallest absolute Gasteiger partial charge is 0.151 e. The average molecular weight is 449 g/mol. The summed E-state index contributed by atoms with van der Waals surface area (Å²) in [6.45, 7) is 12.2. The maximum Gasteiger partial charge on any atom is 0.151 e. The predicted molar refractivity (Wildman–Crippen MR) is 147 cm³/mol. The lowest BCUT2D eigenvalue weighted by atomic mass is 10.1. The molecule has 0 radical (unpaired) electrons. The molecule has 178 valence electrons. The van der Waals surface area contributed by atoms with Gasteiger partial charge in [-0.2, -0.15) is 0 Å². The third kappa shape index (κ3) is 10.7. The first-order valence-electron chi connectivity index (χ1n) is 11.5. The minimum atomic E-state index is 0.695. The van der Waals surface area contributed by atoms with Crippen LogP contribution in [0.1, 0.15) is 66.4 Å². The van der Waals surface area contributed by atoms with Crippen molar-refractivity contribution in [2.24, 2.45) is 20.8 Å². The van der Waals surface area contributed by atoms with Gasteiger partial charge in [0.05, 0.1) is 5.71 Å². The highest BCUT2D eigenvalue weighted by Gasteiger charge is 2.07. The third-order valence-electron chi connectivity index (χ3n) is 4.83. The van der Waals surface area contributed by atoms with Crippen LogP contribution in [0.15, 0.2) is 81.3 Å². The molecule has 1 aliphatic rings. The number of aliphatic imine (C=N–C) groups is 3. The van der Waals surface area contributed by atoms with Gasteiger partial charge < -0.3 is 10.3 Å². The molecule has 0 spiro atoms. The van der Waals surface area contributed by atoms with E-state index in [1.54, 1.807) is 13.2 Å². The van der Waals surface area contributed by atoms with Crippen molar-refractivity contribution in [3.8, 4) is 0 Å². The number of amidine groups is 1. The number of allylic oxidation sites excluding steroid dienone is 4. The fourth-order valence-electron chi connectivity index (χ4n) is 2.57. The summed E-state index contributed by atoms with van der Waals surface area (Å²) in [6, 6.07) is 8.25. The molecular weight excluding hydrogens is 408 g/mol. The van der Waals surface area contributed by atoms with Gasteiger partial charge in [0.25, 0.3) is 0 Å². The van der Waals surface area contributed by atoms with Gasteiger partial charge >= 0.3 is 0 Å². The summed E-state index contributed by atoms with van der Waals surface area (Å²) in [5.41, 5.74) is 6.22. The first-order valence-corrected chi connectivity index (χ1v) is 11.5. The van der Waals surface area contributed by atoms with Crippen LogP contribution in [-0.2, 0) is 0 Å². The molecule has 0 aliphatic carbocycles. The number of benzene rings is 1. The summed E-state index contributed by atoms with van der Waals surface area (Å²) >= 11 is 0. The lowest BCUT2D eigenvalue weighted by Gasteiger charge is -2.11. The topological polar surface area (TPSA) is 78.4 Å². The number of hydrogen-bond donors (Lipinski definition) is 2. The summed E-state index contributed by atoms with van der Waals surface area (Å²) in [4.78, 5) is 13.3. The van der Waals surface area contributed by atoms with E-state index in [1.807, 2.05) is 70.7 Å². The van der Waals surface area contributed by atoms with Crippen molar-refractivity contribution in [2.45, 2.75) is 60.8 Å². The molecule has 6 nitrogen and oxygen atoms in total. The van der Waals surface area contributed by atoms with Gasteiger partial charge in [0.15, 0.2) is 5.84 Å². The molecule has 3 N–H and O–H groups in total. The van der Waals surface area contributed by atoms with Crippen LogP contribution >= 0.6 is 0 Å². The first kappa shape index (κ1) is 27.8. The Bertz CT molecular complexity index is 939. The van der Waals surface area contributed by atoms with E-state index in [0.717, 1.165) is 29.0 Å². The van der Waals surface area contributed by atoms with Crippen LogP contribution in [-0.4, -0.2) is 29.8 Å². The minimum absolute atomic E-state index is 0.695. The van der Waals surface area contributed by atoms with Gasteiger partial charge in [-0.1, -0.05) is 44.9 Å². The van der Waals surface area contributed by atoms with E-state index in [2.05, 4.69) is 46.3 Å². The molecule has 2 rings (SSSR count). The number of nitrogens with one attached hydrogen (secondary N) is 1. The number of anilines is 1. The third-order valence-corrected chi connectivity index (χ3v) is 4.83. The van der Waals surface area contributed by atoms with Gasteiger partial charge in [-0.3, -0.25) is 9.98 Å². The SMILES string of the molecule is C/C=C\N=C(Nc1ccc(C2=CN=CC2)cc1)C(C)=N/C=C(C)/C(C)=C/N(C)N.CCCC. The molecule has 1 aromatic rings. The lowest BCUT2D eigenvalue weighted by molar-refractivity contribution is 0.481.